The van der Waals surface area contributed by atoms with Gasteiger partial charge in [0.2, 0.25) is 0 Å². The highest BCUT2D eigenvalue weighted by atomic mass is 16.5. The lowest BCUT2D eigenvalue weighted by Crippen LogP contribution is -2.33. The second-order valence-corrected chi connectivity index (χ2v) is 10.4. The second-order valence-electron chi connectivity index (χ2n) is 10.4. The van der Waals surface area contributed by atoms with E-state index in [1.54, 1.807) is 0 Å². The van der Waals surface area contributed by atoms with Crippen LogP contribution < -0.4 is 4.74 Å². The van der Waals surface area contributed by atoms with E-state index < -0.39 is 0 Å². The van der Waals surface area contributed by atoms with Crippen molar-refractivity contribution in [1.29, 1.82) is 5.41 Å². The Morgan fingerprint density at radius 1 is 0.611 bits per heavy atom. The van der Waals surface area contributed by atoms with Crippen molar-refractivity contribution in [2.75, 3.05) is 19.7 Å². The number of fused-ring (bicyclic) bond motifs is 1. The number of nitrogens with one attached hydrogen (secondary N) is 1. The molecule has 0 aliphatic rings. The minimum atomic E-state index is 0.683. The largest absolute Gasteiger partial charge is 0.493 e. The fourth-order valence-electron chi connectivity index (χ4n) is 4.99. The number of benzene rings is 2. The molecule has 0 saturated heterocycles. The van der Waals surface area contributed by atoms with Gasteiger partial charge in [-0.1, -0.05) is 129 Å². The molecule has 0 bridgehead atoms. The number of ether oxygens (including phenoxy) is 1. The van der Waals surface area contributed by atoms with Gasteiger partial charge in [0.1, 0.15) is 11.6 Å². The molecule has 1 N–H and O–H groups in total. The van der Waals surface area contributed by atoms with E-state index in [2.05, 4.69) is 62.1 Å². The molecule has 0 heterocycles. The highest BCUT2D eigenvalue weighted by Crippen LogP contribution is 2.30. The van der Waals surface area contributed by atoms with E-state index in [0.29, 0.717) is 5.84 Å². The summed E-state index contributed by atoms with van der Waals surface area (Å²) in [6.07, 6.45) is 20.3. The van der Waals surface area contributed by atoms with Crippen molar-refractivity contribution in [3.05, 3.63) is 42.0 Å². The first-order chi connectivity index (χ1) is 17.7. The molecule has 0 unspecified atom stereocenters. The van der Waals surface area contributed by atoms with Crippen molar-refractivity contribution in [2.24, 2.45) is 0 Å². The minimum absolute atomic E-state index is 0.683. The van der Waals surface area contributed by atoms with E-state index >= 15 is 0 Å². The van der Waals surface area contributed by atoms with Gasteiger partial charge in [0.25, 0.3) is 0 Å². The maximum atomic E-state index is 9.23. The van der Waals surface area contributed by atoms with Gasteiger partial charge in [-0.05, 0) is 36.8 Å². The Morgan fingerprint density at radius 2 is 1.11 bits per heavy atom. The normalized spacial score (nSPS) is 11.2. The summed E-state index contributed by atoms with van der Waals surface area (Å²) in [5, 5.41) is 11.5. The van der Waals surface area contributed by atoms with Gasteiger partial charge in [-0.25, -0.2) is 0 Å². The molecule has 0 fully saturated rings. The van der Waals surface area contributed by atoms with Crippen LogP contribution in [0, 0.1) is 5.41 Å². The van der Waals surface area contributed by atoms with E-state index in [1.165, 1.54) is 96.3 Å². The van der Waals surface area contributed by atoms with Crippen molar-refractivity contribution in [3.8, 4) is 5.75 Å². The van der Waals surface area contributed by atoms with Crippen LogP contribution in [0.2, 0.25) is 0 Å². The van der Waals surface area contributed by atoms with Crippen LogP contribution in [0.25, 0.3) is 10.8 Å². The third-order valence-corrected chi connectivity index (χ3v) is 7.27. The van der Waals surface area contributed by atoms with E-state index in [4.69, 9.17) is 4.74 Å². The van der Waals surface area contributed by atoms with Crippen LogP contribution in [0.15, 0.2) is 36.4 Å². The number of amidine groups is 1. The first-order valence-electron chi connectivity index (χ1n) is 15.2. The Kier molecular flexibility index (Phi) is 16.0. The Labute approximate surface area is 222 Å². The van der Waals surface area contributed by atoms with E-state index in [-0.39, 0.29) is 0 Å². The van der Waals surface area contributed by atoms with Crippen molar-refractivity contribution in [3.63, 3.8) is 0 Å². The Morgan fingerprint density at radius 3 is 1.69 bits per heavy atom. The van der Waals surface area contributed by atoms with E-state index in [0.717, 1.165) is 48.2 Å². The van der Waals surface area contributed by atoms with Crippen molar-refractivity contribution >= 4 is 16.6 Å². The zero-order valence-corrected chi connectivity index (χ0v) is 23.8. The maximum Gasteiger partial charge on any atom is 0.128 e. The van der Waals surface area contributed by atoms with Crippen molar-refractivity contribution in [2.45, 2.75) is 124 Å². The van der Waals surface area contributed by atoms with Gasteiger partial charge in [-0.2, -0.15) is 0 Å². The molecule has 3 heteroatoms. The molecule has 3 nitrogen and oxygen atoms in total. The number of unbranched alkanes of at least 4 members (excludes halogenated alkanes) is 13. The first-order valence-corrected chi connectivity index (χ1v) is 15.2. The van der Waals surface area contributed by atoms with Crippen molar-refractivity contribution < 1.29 is 4.74 Å². The fourth-order valence-corrected chi connectivity index (χ4v) is 4.99. The predicted octanol–water partition coefficient (Wildman–Crippen LogP) is 10.1. The molecule has 0 aliphatic carbocycles. The third-order valence-electron chi connectivity index (χ3n) is 7.27. The standard InChI is InChI=1S/C33H54N2O/c1-4-7-10-13-15-19-26-35(27-20-16-14-11-8-5-2)33(34)31-24-25-32(36-28-21-12-9-6-3)30-23-18-17-22-29(30)31/h17-18,22-25,34H,4-16,19-21,26-28H2,1-3H3. The van der Waals surface area contributed by atoms with Crippen molar-refractivity contribution in [1.82, 2.24) is 4.90 Å². The lowest BCUT2D eigenvalue weighted by molar-refractivity contribution is 0.308. The van der Waals surface area contributed by atoms with Gasteiger partial charge in [0, 0.05) is 24.0 Å². The van der Waals surface area contributed by atoms with Crippen LogP contribution in [0.3, 0.4) is 0 Å². The summed E-state index contributed by atoms with van der Waals surface area (Å²) in [6, 6.07) is 12.7. The van der Waals surface area contributed by atoms with Crippen LogP contribution in [0.5, 0.6) is 5.75 Å². The molecule has 2 rings (SSSR count). The Balaban J connectivity index is 2.08. The molecular weight excluding hydrogens is 440 g/mol. The van der Waals surface area contributed by atoms with Gasteiger partial charge in [-0.15, -0.1) is 0 Å². The van der Waals surface area contributed by atoms with Crippen LogP contribution in [-0.4, -0.2) is 30.4 Å². The van der Waals surface area contributed by atoms with Crippen LogP contribution in [0.1, 0.15) is 129 Å². The molecule has 0 spiro atoms. The van der Waals surface area contributed by atoms with E-state index in [9.17, 15) is 5.41 Å². The van der Waals surface area contributed by atoms with Gasteiger partial charge < -0.3 is 9.64 Å². The highest BCUT2D eigenvalue weighted by molar-refractivity contribution is 6.09. The summed E-state index contributed by atoms with van der Waals surface area (Å²) in [7, 11) is 0. The van der Waals surface area contributed by atoms with Gasteiger partial charge >= 0.3 is 0 Å². The average Bonchev–Trinajstić information content (AvgIpc) is 2.90. The second kappa shape index (κ2) is 19.1. The molecule has 202 valence electrons. The zero-order chi connectivity index (χ0) is 25.8. The number of rotatable bonds is 21. The lowest BCUT2D eigenvalue weighted by atomic mass is 10.0. The molecule has 0 saturated carbocycles. The predicted molar refractivity (Wildman–Crippen MR) is 159 cm³/mol. The van der Waals surface area contributed by atoms with E-state index in [1.807, 2.05) is 0 Å². The highest BCUT2D eigenvalue weighted by Gasteiger charge is 2.16. The third kappa shape index (κ3) is 10.9. The van der Waals surface area contributed by atoms with Crippen LogP contribution in [-0.2, 0) is 0 Å². The molecule has 0 radical (unpaired) electrons. The summed E-state index contributed by atoms with van der Waals surface area (Å²) in [4.78, 5) is 2.35. The summed E-state index contributed by atoms with van der Waals surface area (Å²) in [5.41, 5.74) is 1.04. The molecular formula is C33H54N2O. The molecule has 36 heavy (non-hydrogen) atoms. The first kappa shape index (κ1) is 30.2. The monoisotopic (exact) mass is 494 g/mol. The molecule has 2 aromatic rings. The topological polar surface area (TPSA) is 36.3 Å². The van der Waals surface area contributed by atoms with Crippen LogP contribution >= 0.6 is 0 Å². The molecule has 2 aromatic carbocycles. The minimum Gasteiger partial charge on any atom is -0.493 e. The summed E-state index contributed by atoms with van der Waals surface area (Å²) in [5.74, 6) is 1.64. The smallest absolute Gasteiger partial charge is 0.128 e. The van der Waals surface area contributed by atoms with Gasteiger partial charge in [-0.3, -0.25) is 5.41 Å². The van der Waals surface area contributed by atoms with Gasteiger partial charge in [0.05, 0.1) is 6.61 Å². The lowest BCUT2D eigenvalue weighted by Gasteiger charge is -2.26. The molecule has 0 aliphatic heterocycles. The number of nitrogens with zero attached hydrogens (tertiary/aromatic N) is 1. The summed E-state index contributed by atoms with van der Waals surface area (Å²) >= 11 is 0. The Hall–Kier alpha value is -2.03. The maximum absolute atomic E-state index is 9.23. The molecule has 0 aromatic heterocycles. The SMILES string of the molecule is CCCCCCCCN(CCCCCCCC)C(=N)c1ccc(OCCCCCC)c2ccccc12. The number of hydrogen-bond donors (Lipinski definition) is 1. The quantitative estimate of drug-likeness (QED) is 0.106. The number of hydrogen-bond acceptors (Lipinski definition) is 2. The summed E-state index contributed by atoms with van der Waals surface area (Å²) in [6.45, 7) is 9.54. The Bertz CT molecular complexity index is 831. The van der Waals surface area contributed by atoms with Crippen LogP contribution in [0.4, 0.5) is 0 Å². The fraction of sp³-hybridized carbons (Fsp3) is 0.667. The summed E-state index contributed by atoms with van der Waals surface area (Å²) < 4.78 is 6.20. The molecule has 0 atom stereocenters. The molecule has 0 amide bonds. The zero-order valence-electron chi connectivity index (χ0n) is 23.8. The van der Waals surface area contributed by atoms with Gasteiger partial charge in [0.15, 0.2) is 0 Å². The average molecular weight is 495 g/mol.